The lowest BCUT2D eigenvalue weighted by molar-refractivity contribution is 0.0928. The summed E-state index contributed by atoms with van der Waals surface area (Å²) in [7, 11) is 0. The van der Waals surface area contributed by atoms with E-state index in [-0.39, 0.29) is 5.78 Å². The highest BCUT2D eigenvalue weighted by Gasteiger charge is 2.22. The van der Waals surface area contributed by atoms with E-state index in [0.29, 0.717) is 19.5 Å². The van der Waals surface area contributed by atoms with Crippen LogP contribution in [-0.4, -0.2) is 48.0 Å². The topological polar surface area (TPSA) is 52.3 Å². The molecule has 0 spiro atoms. The van der Waals surface area contributed by atoms with E-state index in [4.69, 9.17) is 16.9 Å². The molecule has 1 aromatic heterocycles. The molecular formula is C23H23ClN4O. The monoisotopic (exact) mass is 406 g/mol. The molecule has 2 heterocycles. The number of piperazine rings is 1. The number of nitrogens with zero attached hydrogens (tertiary/aromatic N) is 4. The number of carbonyl (C=O) groups is 1. The first kappa shape index (κ1) is 19.5. The number of hydrogen-bond acceptors (Lipinski definition) is 4. The van der Waals surface area contributed by atoms with E-state index in [1.54, 1.807) is 0 Å². The Hall–Kier alpha value is -2.81. The van der Waals surface area contributed by atoms with Gasteiger partial charge in [0.2, 0.25) is 0 Å². The second-order valence-corrected chi connectivity index (χ2v) is 7.71. The third-order valence-corrected chi connectivity index (χ3v) is 5.81. The first-order chi connectivity index (χ1) is 14.2. The number of carbonyl (C=O) groups excluding carboxylic acids is 1. The molecule has 29 heavy (non-hydrogen) atoms. The summed E-state index contributed by atoms with van der Waals surface area (Å²) < 4.78 is 2.02. The van der Waals surface area contributed by atoms with Crippen molar-refractivity contribution in [2.24, 2.45) is 0 Å². The Morgan fingerprint density at radius 1 is 1.03 bits per heavy atom. The third-order valence-electron chi connectivity index (χ3n) is 5.49. The summed E-state index contributed by atoms with van der Waals surface area (Å²) in [6.07, 6.45) is 2.33. The number of fused-ring (bicyclic) bond motifs is 1. The predicted molar refractivity (Wildman–Crippen MR) is 117 cm³/mol. The number of benzene rings is 2. The zero-order valence-corrected chi connectivity index (χ0v) is 17.0. The van der Waals surface area contributed by atoms with Crippen LogP contribution in [0, 0.1) is 11.3 Å². The summed E-state index contributed by atoms with van der Waals surface area (Å²) in [5, 5.41) is 10.6. The minimum atomic E-state index is 0.128. The minimum Gasteiger partial charge on any atom is -0.368 e. The fourth-order valence-corrected chi connectivity index (χ4v) is 4.22. The number of aryl methyl sites for hydroxylation is 1. The summed E-state index contributed by atoms with van der Waals surface area (Å²) in [4.78, 5) is 17.5. The van der Waals surface area contributed by atoms with Gasteiger partial charge >= 0.3 is 0 Å². The van der Waals surface area contributed by atoms with E-state index in [2.05, 4.69) is 15.9 Å². The smallest absolute Gasteiger partial charge is 0.178 e. The molecule has 6 heteroatoms. The summed E-state index contributed by atoms with van der Waals surface area (Å²) >= 11 is 6.32. The van der Waals surface area contributed by atoms with Gasteiger partial charge in [0.15, 0.2) is 5.78 Å². The van der Waals surface area contributed by atoms with E-state index in [9.17, 15) is 4.79 Å². The Balaban J connectivity index is 1.44. The number of para-hydroxylation sites is 2. The second kappa shape index (κ2) is 8.69. The van der Waals surface area contributed by atoms with Gasteiger partial charge in [-0.15, -0.1) is 0 Å². The summed E-state index contributed by atoms with van der Waals surface area (Å²) in [5.41, 5.74) is 2.81. The molecule has 1 aliphatic heterocycles. The average molecular weight is 407 g/mol. The van der Waals surface area contributed by atoms with Crippen LogP contribution in [-0.2, 0) is 6.54 Å². The molecule has 1 saturated heterocycles. The molecule has 5 nitrogen and oxygen atoms in total. The van der Waals surface area contributed by atoms with Crippen molar-refractivity contribution in [2.75, 3.05) is 37.6 Å². The van der Waals surface area contributed by atoms with E-state index in [1.165, 1.54) is 0 Å². The zero-order valence-electron chi connectivity index (χ0n) is 16.2. The fourth-order valence-electron chi connectivity index (χ4n) is 3.97. The van der Waals surface area contributed by atoms with Crippen molar-refractivity contribution in [3.8, 4) is 6.07 Å². The number of halogens is 1. The van der Waals surface area contributed by atoms with Crippen LogP contribution in [0.3, 0.4) is 0 Å². The van der Waals surface area contributed by atoms with Crippen LogP contribution < -0.4 is 4.90 Å². The average Bonchev–Trinajstić information content (AvgIpc) is 3.12. The molecule has 1 aliphatic rings. The lowest BCUT2D eigenvalue weighted by Crippen LogP contribution is -2.48. The van der Waals surface area contributed by atoms with Gasteiger partial charge in [0.1, 0.15) is 0 Å². The molecule has 0 atom stereocenters. The van der Waals surface area contributed by atoms with Crippen LogP contribution in [0.5, 0.6) is 0 Å². The molecule has 3 aromatic rings. The normalized spacial score (nSPS) is 14.8. The summed E-state index contributed by atoms with van der Waals surface area (Å²) in [6, 6.07) is 18.0. The van der Waals surface area contributed by atoms with Crippen LogP contribution in [0.4, 0.5) is 5.69 Å². The number of anilines is 1. The van der Waals surface area contributed by atoms with Crippen molar-refractivity contribution in [3.05, 3.63) is 65.3 Å². The molecule has 4 rings (SSSR count). The maximum absolute atomic E-state index is 13.1. The van der Waals surface area contributed by atoms with Crippen molar-refractivity contribution in [2.45, 2.75) is 13.0 Å². The molecule has 0 bridgehead atoms. The molecule has 0 unspecified atom stereocenters. The molecule has 0 aliphatic carbocycles. The second-order valence-electron chi connectivity index (χ2n) is 7.30. The van der Waals surface area contributed by atoms with Crippen molar-refractivity contribution in [1.29, 1.82) is 5.26 Å². The highest BCUT2D eigenvalue weighted by molar-refractivity contribution is 6.33. The third kappa shape index (κ3) is 4.14. The maximum atomic E-state index is 13.1. The number of ketones is 1. The van der Waals surface area contributed by atoms with Gasteiger partial charge in [0, 0.05) is 55.4 Å². The van der Waals surface area contributed by atoms with Gasteiger partial charge in [-0.3, -0.25) is 9.69 Å². The van der Waals surface area contributed by atoms with E-state index >= 15 is 0 Å². The Morgan fingerprint density at radius 2 is 1.76 bits per heavy atom. The van der Waals surface area contributed by atoms with Crippen LogP contribution in [0.25, 0.3) is 10.9 Å². The van der Waals surface area contributed by atoms with Crippen LogP contribution in [0.1, 0.15) is 16.8 Å². The molecule has 0 N–H and O–H groups in total. The van der Waals surface area contributed by atoms with Gasteiger partial charge < -0.3 is 9.47 Å². The molecule has 0 radical (unpaired) electrons. The van der Waals surface area contributed by atoms with Gasteiger partial charge in [0.05, 0.1) is 29.7 Å². The molecule has 1 fully saturated rings. The van der Waals surface area contributed by atoms with E-state index < -0.39 is 0 Å². The highest BCUT2D eigenvalue weighted by atomic mass is 35.5. The van der Waals surface area contributed by atoms with Crippen LogP contribution >= 0.6 is 11.6 Å². The Labute approximate surface area is 175 Å². The Bertz CT molecular complexity index is 1060. The number of Topliss-reactive ketones (excluding diaryl/α,β-unsaturated/α-hetero) is 1. The van der Waals surface area contributed by atoms with E-state index in [1.807, 2.05) is 59.3 Å². The number of rotatable bonds is 6. The Kier molecular flexibility index (Phi) is 5.84. The van der Waals surface area contributed by atoms with Crippen molar-refractivity contribution >= 4 is 34.0 Å². The molecular weight excluding hydrogens is 384 g/mol. The standard InChI is InChI=1S/C23H23ClN4O/c24-20-7-2-4-9-22(20)27-14-12-26(13-15-27)17-23(29)19-16-28(11-5-10-25)21-8-3-1-6-18(19)21/h1-4,6-9,16H,5,11-15,17H2. The van der Waals surface area contributed by atoms with Crippen LogP contribution in [0.2, 0.25) is 5.02 Å². The van der Waals surface area contributed by atoms with Gasteiger partial charge in [0.25, 0.3) is 0 Å². The number of hydrogen-bond donors (Lipinski definition) is 0. The largest absolute Gasteiger partial charge is 0.368 e. The number of nitriles is 1. The zero-order chi connectivity index (χ0) is 20.2. The summed E-state index contributed by atoms with van der Waals surface area (Å²) in [6.45, 7) is 4.35. The lowest BCUT2D eigenvalue weighted by atomic mass is 10.1. The first-order valence-electron chi connectivity index (χ1n) is 9.87. The Morgan fingerprint density at radius 3 is 2.52 bits per heavy atom. The van der Waals surface area contributed by atoms with Crippen molar-refractivity contribution in [1.82, 2.24) is 9.47 Å². The van der Waals surface area contributed by atoms with Gasteiger partial charge in [-0.2, -0.15) is 5.26 Å². The molecule has 2 aromatic carbocycles. The van der Waals surface area contributed by atoms with Crippen molar-refractivity contribution < 1.29 is 4.79 Å². The van der Waals surface area contributed by atoms with Crippen molar-refractivity contribution in [3.63, 3.8) is 0 Å². The quantitative estimate of drug-likeness (QED) is 0.575. The maximum Gasteiger partial charge on any atom is 0.178 e. The molecule has 0 saturated carbocycles. The first-order valence-corrected chi connectivity index (χ1v) is 10.2. The molecule has 0 amide bonds. The predicted octanol–water partition coefficient (Wildman–Crippen LogP) is 4.21. The summed E-state index contributed by atoms with van der Waals surface area (Å²) in [5.74, 6) is 0.128. The minimum absolute atomic E-state index is 0.128. The SMILES string of the molecule is N#CCCn1cc(C(=O)CN2CCN(c3ccccc3Cl)CC2)c2ccccc21. The number of aromatic nitrogens is 1. The fraction of sp³-hybridized carbons (Fsp3) is 0.304. The van der Waals surface area contributed by atoms with Gasteiger partial charge in [-0.25, -0.2) is 0 Å². The molecule has 148 valence electrons. The van der Waals surface area contributed by atoms with E-state index in [0.717, 1.165) is 53.4 Å². The lowest BCUT2D eigenvalue weighted by Gasteiger charge is -2.36. The van der Waals surface area contributed by atoms with Gasteiger partial charge in [-0.05, 0) is 18.2 Å². The van der Waals surface area contributed by atoms with Gasteiger partial charge in [-0.1, -0.05) is 41.9 Å². The highest BCUT2D eigenvalue weighted by Crippen LogP contribution is 2.26. The van der Waals surface area contributed by atoms with Crippen LogP contribution in [0.15, 0.2) is 54.7 Å².